The summed E-state index contributed by atoms with van der Waals surface area (Å²) >= 11 is 1.46. The van der Waals surface area contributed by atoms with Gasteiger partial charge in [0, 0.05) is 38.0 Å². The molecule has 0 aliphatic carbocycles. The van der Waals surface area contributed by atoms with Crippen LogP contribution in [0.25, 0.3) is 0 Å². The molecule has 0 bridgehead atoms. The monoisotopic (exact) mass is 306 g/mol. The Morgan fingerprint density at radius 3 is 3.24 bits per heavy atom. The second-order valence-electron chi connectivity index (χ2n) is 5.09. The number of carbonyl (C=O) groups excluding carboxylic acids is 1. The molecule has 0 radical (unpaired) electrons. The van der Waals surface area contributed by atoms with Crippen LogP contribution in [0.1, 0.15) is 34.4 Å². The van der Waals surface area contributed by atoms with Crippen molar-refractivity contribution in [2.45, 2.75) is 25.5 Å². The highest BCUT2D eigenvalue weighted by atomic mass is 32.1. The molecule has 1 fully saturated rings. The van der Waals surface area contributed by atoms with Crippen LogP contribution >= 0.6 is 11.3 Å². The van der Waals surface area contributed by atoms with E-state index in [0.717, 1.165) is 24.4 Å². The number of aromatic nitrogens is 3. The molecule has 21 heavy (non-hydrogen) atoms. The smallest absolute Gasteiger partial charge is 0.273 e. The van der Waals surface area contributed by atoms with Gasteiger partial charge < -0.3 is 9.64 Å². The Kier molecular flexibility index (Phi) is 4.31. The van der Waals surface area contributed by atoms with Crippen molar-refractivity contribution in [1.82, 2.24) is 19.7 Å². The second kappa shape index (κ2) is 6.36. The standard InChI is InChI=1S/C14H18N4O2S/c1-20-9-13-16-12(10-21-13)14(19)17-6-2-4-11(8-17)18-7-3-5-15-18/h3,5,7,10-11H,2,4,6,8-9H2,1H3/t11-/m0/s1. The molecule has 1 aliphatic heterocycles. The lowest BCUT2D eigenvalue weighted by Crippen LogP contribution is -2.41. The number of carbonyl (C=O) groups is 1. The predicted octanol–water partition coefficient (Wildman–Crippen LogP) is 1.96. The number of hydrogen-bond acceptors (Lipinski definition) is 5. The molecule has 0 unspecified atom stereocenters. The largest absolute Gasteiger partial charge is 0.378 e. The third-order valence-corrected chi connectivity index (χ3v) is 4.44. The summed E-state index contributed by atoms with van der Waals surface area (Å²) in [5, 5.41) is 6.93. The molecule has 6 nitrogen and oxygen atoms in total. The summed E-state index contributed by atoms with van der Waals surface area (Å²) in [6.07, 6.45) is 5.78. The van der Waals surface area contributed by atoms with E-state index in [-0.39, 0.29) is 11.9 Å². The molecule has 1 aliphatic rings. The number of methoxy groups -OCH3 is 1. The van der Waals surface area contributed by atoms with Crippen molar-refractivity contribution in [3.63, 3.8) is 0 Å². The first-order valence-electron chi connectivity index (χ1n) is 6.99. The van der Waals surface area contributed by atoms with E-state index in [1.54, 1.807) is 13.3 Å². The van der Waals surface area contributed by atoms with Gasteiger partial charge in [0.15, 0.2) is 0 Å². The Morgan fingerprint density at radius 1 is 1.57 bits per heavy atom. The molecule has 1 atom stereocenters. The first-order valence-corrected chi connectivity index (χ1v) is 7.87. The number of rotatable bonds is 4. The van der Waals surface area contributed by atoms with E-state index < -0.39 is 0 Å². The van der Waals surface area contributed by atoms with Gasteiger partial charge in [0.05, 0.1) is 12.6 Å². The molecule has 2 aromatic heterocycles. The molecule has 7 heteroatoms. The minimum atomic E-state index is 0.00505. The van der Waals surface area contributed by atoms with Crippen LogP contribution in [0.2, 0.25) is 0 Å². The Hall–Kier alpha value is -1.73. The minimum Gasteiger partial charge on any atom is -0.378 e. The minimum absolute atomic E-state index is 0.00505. The van der Waals surface area contributed by atoms with Gasteiger partial charge in [0.2, 0.25) is 0 Å². The molecule has 0 saturated carbocycles. The van der Waals surface area contributed by atoms with E-state index >= 15 is 0 Å². The highest BCUT2D eigenvalue weighted by Crippen LogP contribution is 2.22. The van der Waals surface area contributed by atoms with Crippen LogP contribution in [0.3, 0.4) is 0 Å². The van der Waals surface area contributed by atoms with Crippen molar-refractivity contribution in [3.8, 4) is 0 Å². The van der Waals surface area contributed by atoms with Gasteiger partial charge in [-0.15, -0.1) is 11.3 Å². The van der Waals surface area contributed by atoms with Gasteiger partial charge in [-0.3, -0.25) is 9.48 Å². The fourth-order valence-corrected chi connectivity index (χ4v) is 3.35. The Balaban J connectivity index is 1.68. The summed E-state index contributed by atoms with van der Waals surface area (Å²) in [6, 6.07) is 2.17. The molecule has 0 spiro atoms. The molecule has 2 aromatic rings. The van der Waals surface area contributed by atoms with E-state index in [2.05, 4.69) is 10.1 Å². The predicted molar refractivity (Wildman–Crippen MR) is 79.2 cm³/mol. The molecule has 1 amide bonds. The molecule has 0 aromatic carbocycles. The van der Waals surface area contributed by atoms with Gasteiger partial charge in [-0.2, -0.15) is 5.10 Å². The number of nitrogens with zero attached hydrogens (tertiary/aromatic N) is 4. The van der Waals surface area contributed by atoms with Crippen molar-refractivity contribution in [2.75, 3.05) is 20.2 Å². The zero-order valence-electron chi connectivity index (χ0n) is 11.9. The molecular weight excluding hydrogens is 288 g/mol. The third kappa shape index (κ3) is 3.14. The second-order valence-corrected chi connectivity index (χ2v) is 6.04. The maximum absolute atomic E-state index is 12.5. The van der Waals surface area contributed by atoms with E-state index in [1.165, 1.54) is 11.3 Å². The number of piperidine rings is 1. The number of thiazole rings is 1. The number of hydrogen-bond donors (Lipinski definition) is 0. The van der Waals surface area contributed by atoms with Crippen LogP contribution in [0.4, 0.5) is 0 Å². The van der Waals surface area contributed by atoms with Gasteiger partial charge in [-0.05, 0) is 18.9 Å². The van der Waals surface area contributed by atoms with E-state index in [4.69, 9.17) is 4.74 Å². The van der Waals surface area contributed by atoms with Gasteiger partial charge in [-0.25, -0.2) is 4.98 Å². The van der Waals surface area contributed by atoms with Crippen molar-refractivity contribution < 1.29 is 9.53 Å². The quantitative estimate of drug-likeness (QED) is 0.866. The van der Waals surface area contributed by atoms with Crippen LogP contribution < -0.4 is 0 Å². The van der Waals surface area contributed by atoms with E-state index in [9.17, 15) is 4.79 Å². The van der Waals surface area contributed by atoms with Crippen LogP contribution in [0, 0.1) is 0 Å². The number of likely N-dealkylation sites (tertiary alicyclic amines) is 1. The molecule has 3 rings (SSSR count). The lowest BCUT2D eigenvalue weighted by Gasteiger charge is -2.32. The van der Waals surface area contributed by atoms with E-state index in [1.807, 2.05) is 27.2 Å². The Labute approximate surface area is 127 Å². The number of ether oxygens (including phenoxy) is 1. The lowest BCUT2D eigenvalue weighted by molar-refractivity contribution is 0.0667. The summed E-state index contributed by atoms with van der Waals surface area (Å²) in [7, 11) is 1.63. The van der Waals surface area contributed by atoms with Crippen LogP contribution in [0.5, 0.6) is 0 Å². The van der Waals surface area contributed by atoms with Gasteiger partial charge >= 0.3 is 0 Å². The Morgan fingerprint density at radius 2 is 2.48 bits per heavy atom. The topological polar surface area (TPSA) is 60.2 Å². The normalized spacial score (nSPS) is 18.9. The van der Waals surface area contributed by atoms with Crippen molar-refractivity contribution in [2.24, 2.45) is 0 Å². The average Bonchev–Trinajstić information content (AvgIpc) is 3.18. The highest BCUT2D eigenvalue weighted by Gasteiger charge is 2.26. The zero-order valence-corrected chi connectivity index (χ0v) is 12.8. The Bertz CT molecular complexity index is 596. The van der Waals surface area contributed by atoms with Crippen molar-refractivity contribution in [3.05, 3.63) is 34.5 Å². The SMILES string of the molecule is COCc1nc(C(=O)N2CCC[C@H](n3cccn3)C2)cs1. The number of amides is 1. The first kappa shape index (κ1) is 14.2. The van der Waals surface area contributed by atoms with Gasteiger partial charge in [-0.1, -0.05) is 0 Å². The van der Waals surface area contributed by atoms with Crippen LogP contribution in [-0.4, -0.2) is 45.8 Å². The van der Waals surface area contributed by atoms with Gasteiger partial charge in [0.1, 0.15) is 10.7 Å². The molecule has 0 N–H and O–H groups in total. The van der Waals surface area contributed by atoms with Crippen molar-refractivity contribution >= 4 is 17.2 Å². The molecule has 3 heterocycles. The molecule has 1 saturated heterocycles. The summed E-state index contributed by atoms with van der Waals surface area (Å²) in [5.41, 5.74) is 0.521. The lowest BCUT2D eigenvalue weighted by atomic mass is 10.1. The summed E-state index contributed by atoms with van der Waals surface area (Å²) in [4.78, 5) is 18.8. The fourth-order valence-electron chi connectivity index (χ4n) is 2.61. The molecule has 112 valence electrons. The summed E-state index contributed by atoms with van der Waals surface area (Å²) < 4.78 is 6.99. The summed E-state index contributed by atoms with van der Waals surface area (Å²) in [6.45, 7) is 1.93. The average molecular weight is 306 g/mol. The third-order valence-electron chi connectivity index (χ3n) is 3.62. The maximum Gasteiger partial charge on any atom is 0.273 e. The zero-order chi connectivity index (χ0) is 14.7. The van der Waals surface area contributed by atoms with Crippen LogP contribution in [0.15, 0.2) is 23.8 Å². The molecular formula is C14H18N4O2S. The van der Waals surface area contributed by atoms with E-state index in [0.29, 0.717) is 18.8 Å². The maximum atomic E-state index is 12.5. The van der Waals surface area contributed by atoms with Crippen molar-refractivity contribution in [1.29, 1.82) is 0 Å². The van der Waals surface area contributed by atoms with Crippen LogP contribution in [-0.2, 0) is 11.3 Å². The highest BCUT2D eigenvalue weighted by molar-refractivity contribution is 7.09. The van der Waals surface area contributed by atoms with Gasteiger partial charge in [0.25, 0.3) is 5.91 Å². The fraction of sp³-hybridized carbons (Fsp3) is 0.500. The first-order chi connectivity index (χ1) is 10.3. The summed E-state index contributed by atoms with van der Waals surface area (Å²) in [5.74, 6) is 0.00505.